The molecule has 0 saturated heterocycles. The van der Waals surface area contributed by atoms with Gasteiger partial charge in [-0.25, -0.2) is 14.4 Å². The fourth-order valence-corrected chi connectivity index (χ4v) is 2.67. The van der Waals surface area contributed by atoms with Crippen LogP contribution >= 0.6 is 11.8 Å². The van der Waals surface area contributed by atoms with E-state index in [1.54, 1.807) is 17.8 Å². The van der Waals surface area contributed by atoms with Crippen LogP contribution in [0.5, 0.6) is 0 Å². The Morgan fingerprint density at radius 1 is 1.10 bits per heavy atom. The molecule has 100 valence electrons. The molecule has 3 rings (SSSR count). The van der Waals surface area contributed by atoms with Gasteiger partial charge in [0, 0.05) is 15.8 Å². The maximum Gasteiger partial charge on any atom is 0.163 e. The van der Waals surface area contributed by atoms with Crippen LogP contribution in [0.3, 0.4) is 0 Å². The Hall–Kier alpha value is -2.14. The zero-order chi connectivity index (χ0) is 14.1. The largest absolute Gasteiger partial charge is 0.383 e. The Morgan fingerprint density at radius 3 is 2.70 bits per heavy atom. The summed E-state index contributed by atoms with van der Waals surface area (Å²) in [4.78, 5) is 9.87. The molecule has 0 unspecified atom stereocenters. The van der Waals surface area contributed by atoms with Gasteiger partial charge in [-0.05, 0) is 30.5 Å². The van der Waals surface area contributed by atoms with Crippen LogP contribution in [0.4, 0.5) is 10.2 Å². The SMILES string of the molecule is CSc1ccccc1-c1nc(N)c2cc(F)ccc2n1. The lowest BCUT2D eigenvalue weighted by molar-refractivity contribution is 0.629. The van der Waals surface area contributed by atoms with Crippen molar-refractivity contribution >= 4 is 28.5 Å². The Kier molecular flexibility index (Phi) is 3.28. The van der Waals surface area contributed by atoms with Crippen molar-refractivity contribution in [3.05, 3.63) is 48.3 Å². The molecule has 0 spiro atoms. The summed E-state index contributed by atoms with van der Waals surface area (Å²) in [5.74, 6) is 0.511. The van der Waals surface area contributed by atoms with Crippen LogP contribution < -0.4 is 5.73 Å². The third-order valence-corrected chi connectivity index (χ3v) is 3.83. The number of hydrogen-bond acceptors (Lipinski definition) is 4. The molecule has 1 aromatic heterocycles. The molecule has 2 N–H and O–H groups in total. The number of nitrogens with zero attached hydrogens (tertiary/aromatic N) is 2. The summed E-state index contributed by atoms with van der Waals surface area (Å²) in [6.07, 6.45) is 2.00. The first-order chi connectivity index (χ1) is 9.69. The molecule has 3 aromatic rings. The number of thioether (sulfide) groups is 1. The summed E-state index contributed by atoms with van der Waals surface area (Å²) < 4.78 is 13.2. The fourth-order valence-electron chi connectivity index (χ4n) is 2.07. The fraction of sp³-hybridized carbons (Fsp3) is 0.0667. The molecule has 0 atom stereocenters. The van der Waals surface area contributed by atoms with Gasteiger partial charge in [0.25, 0.3) is 0 Å². The molecule has 3 nitrogen and oxygen atoms in total. The molecule has 0 bridgehead atoms. The minimum absolute atomic E-state index is 0.292. The summed E-state index contributed by atoms with van der Waals surface area (Å²) in [5.41, 5.74) is 7.50. The summed E-state index contributed by atoms with van der Waals surface area (Å²) in [7, 11) is 0. The van der Waals surface area contributed by atoms with Crippen molar-refractivity contribution in [1.29, 1.82) is 0 Å². The first kappa shape index (κ1) is 12.9. The van der Waals surface area contributed by atoms with Crippen LogP contribution in [-0.2, 0) is 0 Å². The van der Waals surface area contributed by atoms with E-state index in [1.165, 1.54) is 12.1 Å². The average Bonchev–Trinajstić information content (AvgIpc) is 2.47. The minimum atomic E-state index is -0.343. The van der Waals surface area contributed by atoms with Gasteiger partial charge in [-0.3, -0.25) is 0 Å². The summed E-state index contributed by atoms with van der Waals surface area (Å²) in [5, 5.41) is 0.537. The molecule has 5 heteroatoms. The first-order valence-corrected chi connectivity index (χ1v) is 7.27. The number of fused-ring (bicyclic) bond motifs is 1. The van der Waals surface area contributed by atoms with Crippen LogP contribution in [0.2, 0.25) is 0 Å². The van der Waals surface area contributed by atoms with Gasteiger partial charge in [-0.2, -0.15) is 0 Å². The number of nitrogen functional groups attached to an aromatic ring is 1. The van der Waals surface area contributed by atoms with E-state index in [-0.39, 0.29) is 5.82 Å². The molecular weight excluding hydrogens is 273 g/mol. The number of halogens is 1. The summed E-state index contributed by atoms with van der Waals surface area (Å²) >= 11 is 1.62. The molecule has 0 aliphatic carbocycles. The van der Waals surface area contributed by atoms with Crippen molar-refractivity contribution in [3.63, 3.8) is 0 Å². The van der Waals surface area contributed by atoms with E-state index in [0.717, 1.165) is 10.5 Å². The van der Waals surface area contributed by atoms with E-state index in [9.17, 15) is 4.39 Å². The van der Waals surface area contributed by atoms with Crippen LogP contribution in [0, 0.1) is 5.82 Å². The third kappa shape index (κ3) is 2.20. The lowest BCUT2D eigenvalue weighted by atomic mass is 10.2. The van der Waals surface area contributed by atoms with E-state index in [4.69, 9.17) is 5.73 Å². The predicted octanol–water partition coefficient (Wildman–Crippen LogP) is 3.74. The van der Waals surface area contributed by atoms with Crippen molar-refractivity contribution in [2.75, 3.05) is 12.0 Å². The lowest BCUT2D eigenvalue weighted by Gasteiger charge is -2.08. The number of nitrogens with two attached hydrogens (primary N) is 1. The van der Waals surface area contributed by atoms with Gasteiger partial charge < -0.3 is 5.73 Å². The summed E-state index contributed by atoms with van der Waals surface area (Å²) in [6.45, 7) is 0. The number of rotatable bonds is 2. The lowest BCUT2D eigenvalue weighted by Crippen LogP contribution is -1.99. The molecule has 20 heavy (non-hydrogen) atoms. The first-order valence-electron chi connectivity index (χ1n) is 6.05. The van der Waals surface area contributed by atoms with Crippen LogP contribution in [0.1, 0.15) is 0 Å². The van der Waals surface area contributed by atoms with Crippen molar-refractivity contribution in [2.45, 2.75) is 4.90 Å². The molecule has 0 saturated carbocycles. The van der Waals surface area contributed by atoms with Crippen LogP contribution in [0.25, 0.3) is 22.3 Å². The monoisotopic (exact) mass is 285 g/mol. The van der Waals surface area contributed by atoms with Gasteiger partial charge in [0.05, 0.1) is 5.52 Å². The number of benzene rings is 2. The highest BCUT2D eigenvalue weighted by molar-refractivity contribution is 7.98. The van der Waals surface area contributed by atoms with E-state index in [2.05, 4.69) is 9.97 Å². The minimum Gasteiger partial charge on any atom is -0.383 e. The molecule has 0 fully saturated rings. The van der Waals surface area contributed by atoms with Gasteiger partial charge in [0.1, 0.15) is 11.6 Å². The second-order valence-corrected chi connectivity index (χ2v) is 5.14. The van der Waals surface area contributed by atoms with E-state index in [0.29, 0.717) is 22.5 Å². The quantitative estimate of drug-likeness (QED) is 0.729. The molecule has 1 heterocycles. The molecule has 0 amide bonds. The second kappa shape index (κ2) is 5.09. The van der Waals surface area contributed by atoms with Crippen LogP contribution in [-0.4, -0.2) is 16.2 Å². The van der Waals surface area contributed by atoms with E-state index < -0.39 is 0 Å². The Balaban J connectivity index is 2.25. The Bertz CT molecular complexity index is 789. The smallest absolute Gasteiger partial charge is 0.163 e. The summed E-state index contributed by atoms with van der Waals surface area (Å²) in [6, 6.07) is 12.2. The number of anilines is 1. The second-order valence-electron chi connectivity index (χ2n) is 4.29. The number of hydrogen-bond donors (Lipinski definition) is 1. The maximum absolute atomic E-state index is 13.2. The average molecular weight is 285 g/mol. The van der Waals surface area contributed by atoms with Gasteiger partial charge in [0.2, 0.25) is 0 Å². The van der Waals surface area contributed by atoms with Gasteiger partial charge in [0.15, 0.2) is 5.82 Å². The molecule has 0 aliphatic rings. The Morgan fingerprint density at radius 2 is 1.90 bits per heavy atom. The molecule has 0 aliphatic heterocycles. The van der Waals surface area contributed by atoms with Crippen molar-refractivity contribution in [3.8, 4) is 11.4 Å². The standard InChI is InChI=1S/C15H12FN3S/c1-20-13-5-3-2-4-10(13)15-18-12-7-6-9(16)8-11(12)14(17)19-15/h2-8H,1H3,(H2,17,18,19). The van der Waals surface area contributed by atoms with Crippen molar-refractivity contribution < 1.29 is 4.39 Å². The molecule has 2 aromatic carbocycles. The van der Waals surface area contributed by atoms with Gasteiger partial charge in [-0.1, -0.05) is 18.2 Å². The van der Waals surface area contributed by atoms with Crippen molar-refractivity contribution in [1.82, 2.24) is 9.97 Å². The van der Waals surface area contributed by atoms with Crippen molar-refractivity contribution in [2.24, 2.45) is 0 Å². The Labute approximate surface area is 120 Å². The van der Waals surface area contributed by atoms with E-state index in [1.807, 2.05) is 30.5 Å². The number of aromatic nitrogens is 2. The third-order valence-electron chi connectivity index (χ3n) is 3.04. The maximum atomic E-state index is 13.2. The van der Waals surface area contributed by atoms with Crippen LogP contribution in [0.15, 0.2) is 47.4 Å². The molecule has 0 radical (unpaired) electrons. The normalized spacial score (nSPS) is 10.9. The zero-order valence-corrected chi connectivity index (χ0v) is 11.6. The zero-order valence-electron chi connectivity index (χ0n) is 10.8. The van der Waals surface area contributed by atoms with Gasteiger partial charge in [-0.15, -0.1) is 11.8 Å². The predicted molar refractivity (Wildman–Crippen MR) is 81.1 cm³/mol. The van der Waals surface area contributed by atoms with Gasteiger partial charge >= 0.3 is 0 Å². The molecular formula is C15H12FN3S. The van der Waals surface area contributed by atoms with E-state index >= 15 is 0 Å². The highest BCUT2D eigenvalue weighted by Crippen LogP contribution is 2.30. The highest BCUT2D eigenvalue weighted by atomic mass is 32.2. The topological polar surface area (TPSA) is 51.8 Å². The highest BCUT2D eigenvalue weighted by Gasteiger charge is 2.11.